The molecule has 1 aliphatic rings. The molecule has 1 amide bonds. The summed E-state index contributed by atoms with van der Waals surface area (Å²) in [5.41, 5.74) is 0.605. The SMILES string of the molecule is Cn1cc(NC(=O)c2ccccc2S(=O)(=O)N2CCOCC2)cn1. The van der Waals surface area contributed by atoms with Gasteiger partial charge in [0.15, 0.2) is 0 Å². The van der Waals surface area contributed by atoms with Crippen LogP contribution in [-0.2, 0) is 21.8 Å². The summed E-state index contributed by atoms with van der Waals surface area (Å²) < 4.78 is 33.8. The van der Waals surface area contributed by atoms with Crippen molar-refractivity contribution in [2.24, 2.45) is 7.05 Å². The molecule has 1 aromatic carbocycles. The van der Waals surface area contributed by atoms with Gasteiger partial charge in [0, 0.05) is 26.3 Å². The van der Waals surface area contributed by atoms with Crippen molar-refractivity contribution in [3.63, 3.8) is 0 Å². The molecule has 1 saturated heterocycles. The predicted molar refractivity (Wildman–Crippen MR) is 87.2 cm³/mol. The van der Waals surface area contributed by atoms with Gasteiger partial charge in [-0.15, -0.1) is 0 Å². The number of sulfonamides is 1. The van der Waals surface area contributed by atoms with Gasteiger partial charge in [0.05, 0.1) is 35.6 Å². The van der Waals surface area contributed by atoms with Crippen molar-refractivity contribution in [2.75, 3.05) is 31.6 Å². The minimum Gasteiger partial charge on any atom is -0.379 e. The Hall–Kier alpha value is -2.23. The molecule has 24 heavy (non-hydrogen) atoms. The van der Waals surface area contributed by atoms with E-state index < -0.39 is 15.9 Å². The molecule has 128 valence electrons. The number of hydrogen-bond donors (Lipinski definition) is 1. The molecule has 1 aliphatic heterocycles. The number of amides is 1. The van der Waals surface area contributed by atoms with Gasteiger partial charge in [-0.05, 0) is 12.1 Å². The lowest BCUT2D eigenvalue weighted by Gasteiger charge is -2.26. The van der Waals surface area contributed by atoms with Crippen molar-refractivity contribution in [3.05, 3.63) is 42.2 Å². The second-order valence-electron chi connectivity index (χ2n) is 5.37. The van der Waals surface area contributed by atoms with E-state index in [0.717, 1.165) is 0 Å². The summed E-state index contributed by atoms with van der Waals surface area (Å²) in [4.78, 5) is 12.5. The van der Waals surface area contributed by atoms with Crippen LogP contribution in [0.15, 0.2) is 41.6 Å². The van der Waals surface area contributed by atoms with Gasteiger partial charge in [-0.1, -0.05) is 12.1 Å². The molecule has 8 nitrogen and oxygen atoms in total. The minimum atomic E-state index is -3.75. The van der Waals surface area contributed by atoms with Gasteiger partial charge in [-0.3, -0.25) is 9.48 Å². The van der Waals surface area contributed by atoms with Gasteiger partial charge >= 0.3 is 0 Å². The molecule has 2 heterocycles. The Labute approximate surface area is 140 Å². The molecule has 0 aliphatic carbocycles. The molecule has 9 heteroatoms. The van der Waals surface area contributed by atoms with E-state index in [-0.39, 0.29) is 23.5 Å². The van der Waals surface area contributed by atoms with E-state index in [0.29, 0.717) is 18.9 Å². The van der Waals surface area contributed by atoms with Crippen LogP contribution in [0.25, 0.3) is 0 Å². The summed E-state index contributed by atoms with van der Waals surface area (Å²) in [6.07, 6.45) is 3.13. The zero-order valence-corrected chi connectivity index (χ0v) is 14.0. The third-order valence-corrected chi connectivity index (χ3v) is 5.64. The number of nitrogens with zero attached hydrogens (tertiary/aromatic N) is 3. The molecule has 0 bridgehead atoms. The van der Waals surface area contributed by atoms with Crippen LogP contribution in [0.1, 0.15) is 10.4 Å². The maximum Gasteiger partial charge on any atom is 0.257 e. The lowest BCUT2D eigenvalue weighted by molar-refractivity contribution is 0.0730. The van der Waals surface area contributed by atoms with Crippen LogP contribution in [0.4, 0.5) is 5.69 Å². The van der Waals surface area contributed by atoms with E-state index in [9.17, 15) is 13.2 Å². The number of ether oxygens (including phenoxy) is 1. The van der Waals surface area contributed by atoms with Crippen LogP contribution in [0, 0.1) is 0 Å². The van der Waals surface area contributed by atoms with Gasteiger partial charge < -0.3 is 10.1 Å². The Morgan fingerprint density at radius 2 is 1.96 bits per heavy atom. The number of carbonyl (C=O) groups excluding carboxylic acids is 1. The largest absolute Gasteiger partial charge is 0.379 e. The molecule has 0 radical (unpaired) electrons. The molecule has 0 unspecified atom stereocenters. The highest BCUT2D eigenvalue weighted by molar-refractivity contribution is 7.89. The smallest absolute Gasteiger partial charge is 0.257 e. The monoisotopic (exact) mass is 350 g/mol. The van der Waals surface area contributed by atoms with Crippen molar-refractivity contribution in [3.8, 4) is 0 Å². The maximum absolute atomic E-state index is 12.8. The second kappa shape index (κ2) is 6.71. The first kappa shape index (κ1) is 16.6. The van der Waals surface area contributed by atoms with Crippen LogP contribution in [0.5, 0.6) is 0 Å². The molecule has 3 rings (SSSR count). The molecule has 0 spiro atoms. The first-order chi connectivity index (χ1) is 11.5. The van der Waals surface area contributed by atoms with Crippen LogP contribution in [-0.4, -0.2) is 54.7 Å². The summed E-state index contributed by atoms with van der Waals surface area (Å²) in [5, 5.41) is 6.63. The zero-order chi connectivity index (χ0) is 17.2. The number of morpholine rings is 1. The average molecular weight is 350 g/mol. The Morgan fingerprint density at radius 1 is 1.25 bits per heavy atom. The number of benzene rings is 1. The highest BCUT2D eigenvalue weighted by Crippen LogP contribution is 2.22. The van der Waals surface area contributed by atoms with Gasteiger partial charge in [0.25, 0.3) is 5.91 Å². The van der Waals surface area contributed by atoms with Crippen molar-refractivity contribution in [1.82, 2.24) is 14.1 Å². The van der Waals surface area contributed by atoms with Crippen LogP contribution < -0.4 is 5.32 Å². The van der Waals surface area contributed by atoms with Crippen molar-refractivity contribution < 1.29 is 17.9 Å². The van der Waals surface area contributed by atoms with Gasteiger partial charge in [-0.2, -0.15) is 9.40 Å². The van der Waals surface area contributed by atoms with Crippen LogP contribution in [0.2, 0.25) is 0 Å². The summed E-state index contributed by atoms with van der Waals surface area (Å²) >= 11 is 0. The molecule has 0 saturated carbocycles. The van der Waals surface area contributed by atoms with Crippen molar-refractivity contribution in [1.29, 1.82) is 0 Å². The number of nitrogens with one attached hydrogen (secondary N) is 1. The number of anilines is 1. The number of rotatable bonds is 4. The third-order valence-electron chi connectivity index (χ3n) is 3.68. The summed E-state index contributed by atoms with van der Waals surface area (Å²) in [6, 6.07) is 6.19. The molecular weight excluding hydrogens is 332 g/mol. The number of aryl methyl sites for hydroxylation is 1. The lowest BCUT2D eigenvalue weighted by Crippen LogP contribution is -2.41. The van der Waals surface area contributed by atoms with E-state index in [4.69, 9.17) is 4.74 Å². The number of carbonyl (C=O) groups is 1. The fourth-order valence-electron chi connectivity index (χ4n) is 2.49. The molecule has 1 N–H and O–H groups in total. The Morgan fingerprint density at radius 3 is 2.62 bits per heavy atom. The van der Waals surface area contributed by atoms with E-state index in [1.54, 1.807) is 30.1 Å². The standard InChI is InChI=1S/C15H18N4O4S/c1-18-11-12(10-16-18)17-15(20)13-4-2-3-5-14(13)24(21,22)19-6-8-23-9-7-19/h2-5,10-11H,6-9H2,1H3,(H,17,20). The summed E-state index contributed by atoms with van der Waals surface area (Å²) in [6.45, 7) is 1.26. The Bertz CT molecular complexity index is 841. The summed E-state index contributed by atoms with van der Waals surface area (Å²) in [7, 11) is -2.02. The Balaban J connectivity index is 1.91. The number of aromatic nitrogens is 2. The average Bonchev–Trinajstić information content (AvgIpc) is 3.00. The lowest BCUT2D eigenvalue weighted by atomic mass is 10.2. The first-order valence-corrected chi connectivity index (χ1v) is 8.89. The summed E-state index contributed by atoms with van der Waals surface area (Å²) in [5.74, 6) is -0.490. The van der Waals surface area contributed by atoms with E-state index >= 15 is 0 Å². The van der Waals surface area contributed by atoms with Crippen molar-refractivity contribution >= 4 is 21.6 Å². The fraction of sp³-hybridized carbons (Fsp3) is 0.333. The normalized spacial score (nSPS) is 16.0. The van der Waals surface area contributed by atoms with Crippen molar-refractivity contribution in [2.45, 2.75) is 4.90 Å². The van der Waals surface area contributed by atoms with Crippen LogP contribution in [0.3, 0.4) is 0 Å². The number of hydrogen-bond acceptors (Lipinski definition) is 5. The zero-order valence-electron chi connectivity index (χ0n) is 13.2. The van der Waals surface area contributed by atoms with E-state index in [1.165, 1.54) is 22.6 Å². The molecule has 0 atom stereocenters. The molecule has 2 aromatic rings. The molecule has 1 aromatic heterocycles. The Kier molecular flexibility index (Phi) is 4.65. The topological polar surface area (TPSA) is 93.5 Å². The second-order valence-corrected chi connectivity index (χ2v) is 7.28. The van der Waals surface area contributed by atoms with Gasteiger partial charge in [0.2, 0.25) is 10.0 Å². The van der Waals surface area contributed by atoms with Crippen LogP contribution >= 0.6 is 0 Å². The highest BCUT2D eigenvalue weighted by atomic mass is 32.2. The molecular formula is C15H18N4O4S. The maximum atomic E-state index is 12.8. The molecule has 1 fully saturated rings. The first-order valence-electron chi connectivity index (χ1n) is 7.45. The van der Waals surface area contributed by atoms with Gasteiger partial charge in [0.1, 0.15) is 0 Å². The highest BCUT2D eigenvalue weighted by Gasteiger charge is 2.30. The minimum absolute atomic E-state index is 0.00621. The quantitative estimate of drug-likeness (QED) is 0.876. The fourth-order valence-corrected chi connectivity index (χ4v) is 4.09. The predicted octanol–water partition coefficient (Wildman–Crippen LogP) is 0.693. The van der Waals surface area contributed by atoms with Gasteiger partial charge in [-0.25, -0.2) is 8.42 Å². The third kappa shape index (κ3) is 3.32. The van der Waals surface area contributed by atoms with E-state index in [1.807, 2.05) is 0 Å². The van der Waals surface area contributed by atoms with E-state index in [2.05, 4.69) is 10.4 Å².